The molecule has 144 valence electrons. The van der Waals surface area contributed by atoms with Crippen molar-refractivity contribution in [2.75, 3.05) is 32.8 Å². The van der Waals surface area contributed by atoms with Crippen LogP contribution in [0, 0.1) is 0 Å². The van der Waals surface area contributed by atoms with Crippen molar-refractivity contribution in [3.8, 4) is 0 Å². The molecule has 1 amide bonds. The van der Waals surface area contributed by atoms with Crippen molar-refractivity contribution in [2.24, 2.45) is 0 Å². The maximum Gasteiger partial charge on any atom is 0.251 e. The first-order chi connectivity index (χ1) is 13.7. The van der Waals surface area contributed by atoms with Crippen LogP contribution in [0.1, 0.15) is 22.0 Å². The Morgan fingerprint density at radius 1 is 1.00 bits per heavy atom. The minimum Gasteiger partial charge on any atom is -0.379 e. The highest BCUT2D eigenvalue weighted by Crippen LogP contribution is 2.28. The Morgan fingerprint density at radius 3 is 2.54 bits per heavy atom. The maximum absolute atomic E-state index is 13.0. The molecular formula is C23H23ClN2O2. The van der Waals surface area contributed by atoms with Crippen molar-refractivity contribution in [1.29, 1.82) is 0 Å². The number of halogens is 1. The highest BCUT2D eigenvalue weighted by atomic mass is 35.5. The topological polar surface area (TPSA) is 41.6 Å². The van der Waals surface area contributed by atoms with Gasteiger partial charge in [-0.1, -0.05) is 66.2 Å². The molecule has 4 rings (SSSR count). The minimum atomic E-state index is -0.0675. The van der Waals surface area contributed by atoms with Crippen LogP contribution in [0.2, 0.25) is 5.02 Å². The lowest BCUT2D eigenvalue weighted by Crippen LogP contribution is -2.44. The number of ether oxygens (including phenoxy) is 1. The van der Waals surface area contributed by atoms with Crippen LogP contribution in [0.4, 0.5) is 0 Å². The molecule has 1 heterocycles. The summed E-state index contributed by atoms with van der Waals surface area (Å²) in [5.41, 5.74) is 1.72. The van der Waals surface area contributed by atoms with E-state index in [-0.39, 0.29) is 11.9 Å². The van der Waals surface area contributed by atoms with Crippen LogP contribution in [0.25, 0.3) is 10.8 Å². The first-order valence-electron chi connectivity index (χ1n) is 9.56. The molecule has 0 saturated carbocycles. The first kappa shape index (κ1) is 18.9. The molecule has 1 aliphatic rings. The van der Waals surface area contributed by atoms with Crippen LogP contribution in [0.5, 0.6) is 0 Å². The minimum absolute atomic E-state index is 0.0107. The molecule has 3 aromatic carbocycles. The summed E-state index contributed by atoms with van der Waals surface area (Å²) in [5, 5.41) is 5.88. The van der Waals surface area contributed by atoms with E-state index in [4.69, 9.17) is 16.3 Å². The Kier molecular flexibility index (Phi) is 5.91. The average Bonchev–Trinajstić information content (AvgIpc) is 2.75. The second-order valence-corrected chi connectivity index (χ2v) is 7.33. The quantitative estimate of drug-likeness (QED) is 0.701. The Labute approximate surface area is 170 Å². The van der Waals surface area contributed by atoms with Crippen LogP contribution in [-0.4, -0.2) is 43.7 Å². The van der Waals surface area contributed by atoms with Crippen LogP contribution in [0.3, 0.4) is 0 Å². The number of nitrogens with zero attached hydrogens (tertiary/aromatic N) is 1. The number of hydrogen-bond acceptors (Lipinski definition) is 3. The summed E-state index contributed by atoms with van der Waals surface area (Å²) in [6.07, 6.45) is 0. The summed E-state index contributed by atoms with van der Waals surface area (Å²) < 4.78 is 5.50. The fraction of sp³-hybridized carbons (Fsp3) is 0.261. The average molecular weight is 395 g/mol. The number of fused-ring (bicyclic) bond motifs is 1. The van der Waals surface area contributed by atoms with Crippen molar-refractivity contribution in [3.05, 3.63) is 82.9 Å². The Bertz CT molecular complexity index is 964. The van der Waals surface area contributed by atoms with Crippen molar-refractivity contribution in [3.63, 3.8) is 0 Å². The zero-order chi connectivity index (χ0) is 19.3. The van der Waals surface area contributed by atoms with Crippen molar-refractivity contribution in [2.45, 2.75) is 6.04 Å². The maximum atomic E-state index is 13.0. The predicted octanol–water partition coefficient (Wildman–Crippen LogP) is 4.30. The number of morpholine rings is 1. The normalized spacial score (nSPS) is 16.0. The summed E-state index contributed by atoms with van der Waals surface area (Å²) in [6.45, 7) is 3.52. The zero-order valence-corrected chi connectivity index (χ0v) is 16.4. The second-order valence-electron chi connectivity index (χ2n) is 6.92. The van der Waals surface area contributed by atoms with Crippen LogP contribution in [-0.2, 0) is 4.74 Å². The molecule has 4 nitrogen and oxygen atoms in total. The smallest absolute Gasteiger partial charge is 0.251 e. The molecule has 0 unspecified atom stereocenters. The van der Waals surface area contributed by atoms with Crippen molar-refractivity contribution >= 4 is 28.3 Å². The highest BCUT2D eigenvalue weighted by molar-refractivity contribution is 6.31. The molecular weight excluding hydrogens is 372 g/mol. The van der Waals surface area contributed by atoms with E-state index in [1.807, 2.05) is 66.7 Å². The molecule has 1 N–H and O–H groups in total. The molecule has 0 aliphatic carbocycles. The fourth-order valence-electron chi connectivity index (χ4n) is 3.78. The lowest BCUT2D eigenvalue weighted by atomic mass is 10.0. The van der Waals surface area contributed by atoms with Gasteiger partial charge in [0.25, 0.3) is 5.91 Å². The van der Waals surface area contributed by atoms with Crippen LogP contribution < -0.4 is 5.32 Å². The Morgan fingerprint density at radius 2 is 1.71 bits per heavy atom. The summed E-state index contributed by atoms with van der Waals surface area (Å²) in [6, 6.07) is 21.6. The van der Waals surface area contributed by atoms with Gasteiger partial charge in [-0.05, 0) is 28.5 Å². The largest absolute Gasteiger partial charge is 0.379 e. The van der Waals surface area contributed by atoms with Crippen molar-refractivity contribution in [1.82, 2.24) is 10.2 Å². The molecule has 0 spiro atoms. The summed E-state index contributed by atoms with van der Waals surface area (Å²) in [4.78, 5) is 15.3. The van der Waals surface area contributed by atoms with Gasteiger partial charge < -0.3 is 10.1 Å². The second kappa shape index (κ2) is 8.74. The van der Waals surface area contributed by atoms with Crippen molar-refractivity contribution < 1.29 is 9.53 Å². The van der Waals surface area contributed by atoms with E-state index < -0.39 is 0 Å². The zero-order valence-electron chi connectivity index (χ0n) is 15.6. The molecule has 1 atom stereocenters. The number of carbonyl (C=O) groups excluding carboxylic acids is 1. The van der Waals surface area contributed by atoms with Gasteiger partial charge in [0.05, 0.1) is 19.3 Å². The molecule has 0 radical (unpaired) electrons. The fourth-order valence-corrected chi connectivity index (χ4v) is 4.04. The predicted molar refractivity (Wildman–Crippen MR) is 113 cm³/mol. The van der Waals surface area contributed by atoms with Gasteiger partial charge in [0, 0.05) is 30.2 Å². The Balaban J connectivity index is 1.57. The third kappa shape index (κ3) is 4.04. The lowest BCUT2D eigenvalue weighted by molar-refractivity contribution is 0.0162. The summed E-state index contributed by atoms with van der Waals surface area (Å²) >= 11 is 6.48. The molecule has 1 saturated heterocycles. The molecule has 5 heteroatoms. The van der Waals surface area contributed by atoms with Gasteiger partial charge in [-0.25, -0.2) is 0 Å². The molecule has 1 fully saturated rings. The van der Waals surface area contributed by atoms with Crippen LogP contribution >= 0.6 is 11.6 Å². The van der Waals surface area contributed by atoms with Gasteiger partial charge in [0.1, 0.15) is 0 Å². The number of amides is 1. The number of carbonyl (C=O) groups is 1. The van der Waals surface area contributed by atoms with Gasteiger partial charge >= 0.3 is 0 Å². The van der Waals surface area contributed by atoms with E-state index in [0.717, 1.165) is 34.4 Å². The monoisotopic (exact) mass is 394 g/mol. The number of hydrogen-bond donors (Lipinski definition) is 1. The third-order valence-electron chi connectivity index (χ3n) is 5.24. The van der Waals surface area contributed by atoms with E-state index in [0.29, 0.717) is 25.3 Å². The van der Waals surface area contributed by atoms with Gasteiger partial charge in [-0.3, -0.25) is 9.69 Å². The third-order valence-corrected chi connectivity index (χ3v) is 5.59. The first-order valence-corrected chi connectivity index (χ1v) is 9.94. The molecule has 1 aliphatic heterocycles. The number of rotatable bonds is 5. The SMILES string of the molecule is O=C(NC[C@@H](c1ccccc1Cl)N1CCOCC1)c1cccc2ccccc12. The van der Waals surface area contributed by atoms with E-state index in [1.165, 1.54) is 0 Å². The standard InChI is InChI=1S/C23H23ClN2O2/c24-21-11-4-3-9-20(21)22(26-12-14-28-15-13-26)16-25-23(27)19-10-5-7-17-6-1-2-8-18(17)19/h1-11,22H,12-16H2,(H,25,27)/t22-/m0/s1. The molecule has 0 bridgehead atoms. The van der Waals surface area contributed by atoms with E-state index >= 15 is 0 Å². The van der Waals surface area contributed by atoms with E-state index in [9.17, 15) is 4.79 Å². The van der Waals surface area contributed by atoms with E-state index in [1.54, 1.807) is 0 Å². The molecule has 0 aromatic heterocycles. The Hall–Kier alpha value is -2.40. The van der Waals surface area contributed by atoms with Crippen LogP contribution in [0.15, 0.2) is 66.7 Å². The van der Waals surface area contributed by atoms with Gasteiger partial charge in [-0.2, -0.15) is 0 Å². The number of benzene rings is 3. The van der Waals surface area contributed by atoms with Gasteiger partial charge in [0.15, 0.2) is 0 Å². The molecule has 28 heavy (non-hydrogen) atoms. The van der Waals surface area contributed by atoms with Gasteiger partial charge in [-0.15, -0.1) is 0 Å². The number of nitrogens with one attached hydrogen (secondary N) is 1. The highest BCUT2D eigenvalue weighted by Gasteiger charge is 2.25. The summed E-state index contributed by atoms with van der Waals surface area (Å²) in [5.74, 6) is -0.0675. The lowest BCUT2D eigenvalue weighted by Gasteiger charge is -2.35. The van der Waals surface area contributed by atoms with Gasteiger partial charge in [0.2, 0.25) is 0 Å². The molecule has 3 aromatic rings. The van der Waals surface area contributed by atoms with E-state index in [2.05, 4.69) is 10.2 Å². The summed E-state index contributed by atoms with van der Waals surface area (Å²) in [7, 11) is 0.